The molecule has 17 heavy (non-hydrogen) atoms. The number of halogens is 3. The predicted molar refractivity (Wildman–Crippen MR) is 63.0 cm³/mol. The number of likely N-dealkylation sites (tertiary alicyclic amines) is 1. The van der Waals surface area contributed by atoms with Gasteiger partial charge in [0.05, 0.1) is 5.92 Å². The number of rotatable bonds is 5. The highest BCUT2D eigenvalue weighted by atomic mass is 19.4. The number of nitrogens with one attached hydrogen (secondary N) is 1. The van der Waals surface area contributed by atoms with Crippen molar-refractivity contribution in [2.24, 2.45) is 5.92 Å². The molecule has 0 aromatic rings. The van der Waals surface area contributed by atoms with Gasteiger partial charge in [0.15, 0.2) is 0 Å². The molecule has 0 aromatic carbocycles. The molecule has 1 saturated heterocycles. The van der Waals surface area contributed by atoms with Crippen LogP contribution in [0.1, 0.15) is 33.1 Å². The van der Waals surface area contributed by atoms with Crippen LogP contribution in [0.4, 0.5) is 13.2 Å². The van der Waals surface area contributed by atoms with Crippen molar-refractivity contribution in [3.63, 3.8) is 0 Å². The van der Waals surface area contributed by atoms with E-state index in [-0.39, 0.29) is 12.8 Å². The molecule has 1 aliphatic heterocycles. The summed E-state index contributed by atoms with van der Waals surface area (Å²) in [6.45, 7) is 7.21. The predicted octanol–water partition coefficient (Wildman–Crippen LogP) is 2.65. The van der Waals surface area contributed by atoms with Crippen molar-refractivity contribution < 1.29 is 13.2 Å². The van der Waals surface area contributed by atoms with Crippen LogP contribution in [0.3, 0.4) is 0 Å². The van der Waals surface area contributed by atoms with Gasteiger partial charge in [-0.15, -0.1) is 0 Å². The number of hydrogen-bond donors (Lipinski definition) is 1. The second kappa shape index (κ2) is 6.59. The molecular formula is C12H23F3N2. The fraction of sp³-hybridized carbons (Fsp3) is 1.00. The van der Waals surface area contributed by atoms with Crippen LogP contribution in [-0.2, 0) is 0 Å². The van der Waals surface area contributed by atoms with E-state index in [0.29, 0.717) is 19.1 Å². The van der Waals surface area contributed by atoms with Gasteiger partial charge in [-0.2, -0.15) is 13.2 Å². The fourth-order valence-electron chi connectivity index (χ4n) is 2.18. The summed E-state index contributed by atoms with van der Waals surface area (Å²) in [4.78, 5) is 2.14. The quantitative estimate of drug-likeness (QED) is 0.757. The van der Waals surface area contributed by atoms with E-state index in [1.807, 2.05) is 0 Å². The van der Waals surface area contributed by atoms with E-state index >= 15 is 0 Å². The third-order valence-corrected chi connectivity index (χ3v) is 3.25. The Morgan fingerprint density at radius 2 is 1.82 bits per heavy atom. The maximum atomic E-state index is 12.4. The molecule has 0 spiro atoms. The first-order valence-corrected chi connectivity index (χ1v) is 6.42. The lowest BCUT2D eigenvalue weighted by molar-refractivity contribution is -0.185. The summed E-state index contributed by atoms with van der Waals surface area (Å²) >= 11 is 0. The molecule has 0 saturated carbocycles. The third kappa shape index (κ3) is 5.73. The summed E-state index contributed by atoms with van der Waals surface area (Å²) in [5, 5.41) is 3.31. The zero-order chi connectivity index (χ0) is 12.9. The van der Waals surface area contributed by atoms with Crippen LogP contribution in [0.25, 0.3) is 0 Å². The van der Waals surface area contributed by atoms with E-state index in [1.54, 1.807) is 0 Å². The minimum atomic E-state index is -3.99. The van der Waals surface area contributed by atoms with Crippen molar-refractivity contribution in [1.29, 1.82) is 0 Å². The molecule has 1 heterocycles. The molecule has 0 atom stereocenters. The van der Waals surface area contributed by atoms with E-state index in [4.69, 9.17) is 0 Å². The van der Waals surface area contributed by atoms with Crippen LogP contribution in [-0.4, -0.2) is 43.3 Å². The summed E-state index contributed by atoms with van der Waals surface area (Å²) in [5.41, 5.74) is 0. The Labute approximate surface area is 102 Å². The smallest absolute Gasteiger partial charge is 0.314 e. The average molecular weight is 252 g/mol. The highest BCUT2D eigenvalue weighted by Crippen LogP contribution is 2.33. The van der Waals surface area contributed by atoms with Gasteiger partial charge in [-0.3, -0.25) is 0 Å². The molecule has 0 aliphatic carbocycles. The van der Waals surface area contributed by atoms with Crippen molar-refractivity contribution in [2.45, 2.75) is 45.3 Å². The molecule has 0 radical (unpaired) electrons. The third-order valence-electron chi connectivity index (χ3n) is 3.25. The number of alkyl halides is 3. The van der Waals surface area contributed by atoms with Gasteiger partial charge in [0.2, 0.25) is 0 Å². The molecule has 5 heteroatoms. The standard InChI is InChI=1S/C12H23F3N2/c1-10(2)16-6-3-7-17-8-4-11(5-9-17)12(13,14)15/h10-11,16H,3-9H2,1-2H3. The molecule has 1 N–H and O–H groups in total. The Balaban J connectivity index is 2.11. The van der Waals surface area contributed by atoms with Crippen LogP contribution in [0.15, 0.2) is 0 Å². The summed E-state index contributed by atoms with van der Waals surface area (Å²) < 4.78 is 37.3. The Bertz CT molecular complexity index is 208. The molecular weight excluding hydrogens is 229 g/mol. The summed E-state index contributed by atoms with van der Waals surface area (Å²) in [6, 6.07) is 0.478. The topological polar surface area (TPSA) is 15.3 Å². The molecule has 1 fully saturated rings. The lowest BCUT2D eigenvalue weighted by Gasteiger charge is -2.32. The second-order valence-corrected chi connectivity index (χ2v) is 5.12. The second-order valence-electron chi connectivity index (χ2n) is 5.12. The lowest BCUT2D eigenvalue weighted by atomic mass is 9.96. The first-order chi connectivity index (χ1) is 7.89. The van der Waals surface area contributed by atoms with E-state index in [1.165, 1.54) is 0 Å². The zero-order valence-corrected chi connectivity index (χ0v) is 10.7. The number of piperidine rings is 1. The molecule has 102 valence electrons. The minimum absolute atomic E-state index is 0.265. The molecule has 1 rings (SSSR count). The van der Waals surface area contributed by atoms with Crippen LogP contribution < -0.4 is 5.32 Å². The van der Waals surface area contributed by atoms with Gasteiger partial charge in [0.1, 0.15) is 0 Å². The largest absolute Gasteiger partial charge is 0.391 e. The molecule has 0 bridgehead atoms. The minimum Gasteiger partial charge on any atom is -0.314 e. The number of hydrogen-bond acceptors (Lipinski definition) is 2. The molecule has 0 aromatic heterocycles. The first kappa shape index (κ1) is 14.8. The Hall–Kier alpha value is -0.290. The maximum Gasteiger partial charge on any atom is 0.391 e. The van der Waals surface area contributed by atoms with Crippen molar-refractivity contribution in [1.82, 2.24) is 10.2 Å². The van der Waals surface area contributed by atoms with Crippen LogP contribution in [0, 0.1) is 5.92 Å². The van der Waals surface area contributed by atoms with Gasteiger partial charge in [-0.05, 0) is 45.4 Å². The van der Waals surface area contributed by atoms with Crippen molar-refractivity contribution in [3.05, 3.63) is 0 Å². The Kier molecular flexibility index (Phi) is 5.73. The first-order valence-electron chi connectivity index (χ1n) is 6.42. The number of nitrogens with zero attached hydrogens (tertiary/aromatic N) is 1. The van der Waals surface area contributed by atoms with E-state index in [2.05, 4.69) is 24.1 Å². The highest BCUT2D eigenvalue weighted by Gasteiger charge is 2.40. The van der Waals surface area contributed by atoms with Crippen molar-refractivity contribution in [3.8, 4) is 0 Å². The van der Waals surface area contributed by atoms with Gasteiger partial charge in [-0.1, -0.05) is 13.8 Å². The van der Waals surface area contributed by atoms with Crippen LogP contribution >= 0.6 is 0 Å². The summed E-state index contributed by atoms with van der Waals surface area (Å²) in [6.07, 6.45) is -2.46. The Morgan fingerprint density at radius 3 is 2.29 bits per heavy atom. The SMILES string of the molecule is CC(C)NCCCN1CCC(C(F)(F)F)CC1. The summed E-state index contributed by atoms with van der Waals surface area (Å²) in [7, 11) is 0. The monoisotopic (exact) mass is 252 g/mol. The normalized spacial score (nSPS) is 20.1. The molecule has 2 nitrogen and oxygen atoms in total. The highest BCUT2D eigenvalue weighted by molar-refractivity contribution is 4.77. The van der Waals surface area contributed by atoms with Crippen molar-refractivity contribution >= 4 is 0 Å². The van der Waals surface area contributed by atoms with Gasteiger partial charge in [-0.25, -0.2) is 0 Å². The lowest BCUT2D eigenvalue weighted by Crippen LogP contribution is -2.40. The average Bonchev–Trinajstić information content (AvgIpc) is 2.23. The maximum absolute atomic E-state index is 12.4. The van der Waals surface area contributed by atoms with Gasteiger partial charge in [0.25, 0.3) is 0 Å². The van der Waals surface area contributed by atoms with E-state index < -0.39 is 12.1 Å². The van der Waals surface area contributed by atoms with E-state index in [9.17, 15) is 13.2 Å². The van der Waals surface area contributed by atoms with Gasteiger partial charge >= 0.3 is 6.18 Å². The molecule has 0 amide bonds. The van der Waals surface area contributed by atoms with Crippen LogP contribution in [0.5, 0.6) is 0 Å². The van der Waals surface area contributed by atoms with E-state index in [0.717, 1.165) is 19.5 Å². The molecule has 1 aliphatic rings. The van der Waals surface area contributed by atoms with Gasteiger partial charge < -0.3 is 10.2 Å². The zero-order valence-electron chi connectivity index (χ0n) is 10.7. The van der Waals surface area contributed by atoms with Gasteiger partial charge in [0, 0.05) is 6.04 Å². The Morgan fingerprint density at radius 1 is 1.24 bits per heavy atom. The molecule has 0 unspecified atom stereocenters. The van der Waals surface area contributed by atoms with Crippen molar-refractivity contribution in [2.75, 3.05) is 26.2 Å². The van der Waals surface area contributed by atoms with Crippen LogP contribution in [0.2, 0.25) is 0 Å². The summed E-state index contributed by atoms with van der Waals surface area (Å²) in [5.74, 6) is -1.08. The fourth-order valence-corrected chi connectivity index (χ4v) is 2.18.